The highest BCUT2D eigenvalue weighted by atomic mass is 32.1. The van der Waals surface area contributed by atoms with E-state index < -0.39 is 0 Å². The van der Waals surface area contributed by atoms with E-state index in [4.69, 9.17) is 10.7 Å². The Bertz CT molecular complexity index is 362. The van der Waals surface area contributed by atoms with Crippen molar-refractivity contribution in [3.8, 4) is 0 Å². The molecule has 0 spiro atoms. The second kappa shape index (κ2) is 4.11. The average molecular weight is 238 g/mol. The molecule has 0 radical (unpaired) electrons. The number of nitrogens with two attached hydrogens (primary N) is 1. The lowest BCUT2D eigenvalue weighted by Gasteiger charge is -2.45. The van der Waals surface area contributed by atoms with Gasteiger partial charge in [-0.25, -0.2) is 4.98 Å². The fraction of sp³-hybridized carbons (Fsp3) is 0.769. The number of thiazole rings is 1. The molecule has 3 heteroatoms. The van der Waals surface area contributed by atoms with Crippen LogP contribution in [-0.4, -0.2) is 4.98 Å². The van der Waals surface area contributed by atoms with Gasteiger partial charge in [0.1, 0.15) is 5.01 Å². The van der Waals surface area contributed by atoms with Crippen LogP contribution in [0.25, 0.3) is 0 Å². The first-order chi connectivity index (χ1) is 7.42. The smallest absolute Gasteiger partial charge is 0.113 e. The molecule has 1 heterocycles. The molecular weight excluding hydrogens is 216 g/mol. The average Bonchev–Trinajstić information content (AvgIpc) is 2.61. The van der Waals surface area contributed by atoms with E-state index in [1.807, 2.05) is 0 Å². The fourth-order valence-corrected chi connectivity index (χ4v) is 3.42. The lowest BCUT2D eigenvalue weighted by molar-refractivity contribution is 0.104. The number of hydrogen-bond donors (Lipinski definition) is 1. The Morgan fingerprint density at radius 1 is 1.38 bits per heavy atom. The van der Waals surface area contributed by atoms with Crippen LogP contribution < -0.4 is 5.73 Å². The lowest BCUT2D eigenvalue weighted by Crippen LogP contribution is -2.50. The summed E-state index contributed by atoms with van der Waals surface area (Å²) in [5.41, 5.74) is 7.49. The first-order valence-electron chi connectivity index (χ1n) is 6.17. The van der Waals surface area contributed by atoms with Crippen LogP contribution in [0.15, 0.2) is 5.38 Å². The molecule has 1 aliphatic carbocycles. The molecular formula is C13H22N2S. The molecule has 0 aromatic carbocycles. The van der Waals surface area contributed by atoms with Gasteiger partial charge in [-0.1, -0.05) is 27.7 Å². The number of hydrogen-bond acceptors (Lipinski definition) is 3. The van der Waals surface area contributed by atoms with Crippen molar-refractivity contribution in [1.82, 2.24) is 4.98 Å². The first kappa shape index (κ1) is 12.1. The van der Waals surface area contributed by atoms with Gasteiger partial charge in [0.15, 0.2) is 0 Å². The Hall–Kier alpha value is -0.410. The maximum absolute atomic E-state index is 6.41. The van der Waals surface area contributed by atoms with Crippen LogP contribution in [0.5, 0.6) is 0 Å². The van der Waals surface area contributed by atoms with Crippen LogP contribution in [0.2, 0.25) is 0 Å². The minimum atomic E-state index is -0.118. The van der Waals surface area contributed by atoms with Crippen LogP contribution >= 0.6 is 11.3 Å². The van der Waals surface area contributed by atoms with Gasteiger partial charge < -0.3 is 5.73 Å². The quantitative estimate of drug-likeness (QED) is 0.875. The van der Waals surface area contributed by atoms with Crippen molar-refractivity contribution in [3.05, 3.63) is 16.1 Å². The first-order valence-corrected chi connectivity index (χ1v) is 7.05. The zero-order valence-electron chi connectivity index (χ0n) is 10.7. The Labute approximate surface area is 102 Å². The van der Waals surface area contributed by atoms with E-state index >= 15 is 0 Å². The molecule has 0 bridgehead atoms. The van der Waals surface area contributed by atoms with Gasteiger partial charge in [-0.15, -0.1) is 11.3 Å². The summed E-state index contributed by atoms with van der Waals surface area (Å²) in [4.78, 5) is 4.69. The van der Waals surface area contributed by atoms with Crippen molar-refractivity contribution in [1.29, 1.82) is 0 Å². The zero-order chi connectivity index (χ0) is 11.9. The van der Waals surface area contributed by atoms with Crippen LogP contribution in [0.3, 0.4) is 0 Å². The van der Waals surface area contributed by atoms with Gasteiger partial charge in [0.2, 0.25) is 0 Å². The highest BCUT2D eigenvalue weighted by Crippen LogP contribution is 2.47. The summed E-state index contributed by atoms with van der Waals surface area (Å²) < 4.78 is 0. The van der Waals surface area contributed by atoms with Crippen molar-refractivity contribution >= 4 is 11.3 Å². The fourth-order valence-electron chi connectivity index (χ4n) is 2.30. The number of nitrogens with zero attached hydrogens (tertiary/aromatic N) is 1. The Morgan fingerprint density at radius 2 is 2.00 bits per heavy atom. The topological polar surface area (TPSA) is 38.9 Å². The molecule has 0 unspecified atom stereocenters. The van der Waals surface area contributed by atoms with Gasteiger partial charge in [0, 0.05) is 5.38 Å². The molecule has 1 saturated carbocycles. The minimum Gasteiger partial charge on any atom is -0.319 e. The molecule has 1 aliphatic rings. The normalized spacial score (nSPS) is 29.8. The Kier molecular flexibility index (Phi) is 3.10. The molecule has 1 aromatic heterocycles. The van der Waals surface area contributed by atoms with Gasteiger partial charge in [0.05, 0.1) is 11.2 Å². The lowest BCUT2D eigenvalue weighted by atomic mass is 9.65. The summed E-state index contributed by atoms with van der Waals surface area (Å²) in [6.45, 7) is 8.93. The summed E-state index contributed by atoms with van der Waals surface area (Å²) in [6, 6.07) is 0. The van der Waals surface area contributed by atoms with E-state index in [1.165, 1.54) is 5.69 Å². The molecule has 90 valence electrons. The molecule has 0 aliphatic heterocycles. The van der Waals surface area contributed by atoms with Crippen LogP contribution in [0.1, 0.15) is 57.2 Å². The van der Waals surface area contributed by atoms with Gasteiger partial charge >= 0.3 is 0 Å². The maximum atomic E-state index is 6.41. The van der Waals surface area contributed by atoms with Crippen molar-refractivity contribution in [3.63, 3.8) is 0 Å². The maximum Gasteiger partial charge on any atom is 0.113 e. The third-order valence-electron chi connectivity index (χ3n) is 3.74. The SMILES string of the molecule is CC(C)c1csc(C2(N)CC(C(C)C)C2)n1. The van der Waals surface area contributed by atoms with Gasteiger partial charge in [-0.3, -0.25) is 0 Å². The van der Waals surface area contributed by atoms with Gasteiger partial charge in [-0.2, -0.15) is 0 Å². The summed E-state index contributed by atoms with van der Waals surface area (Å²) in [5, 5.41) is 3.31. The van der Waals surface area contributed by atoms with E-state index in [-0.39, 0.29) is 5.54 Å². The van der Waals surface area contributed by atoms with Gasteiger partial charge in [0.25, 0.3) is 0 Å². The zero-order valence-corrected chi connectivity index (χ0v) is 11.5. The van der Waals surface area contributed by atoms with Crippen molar-refractivity contribution in [2.24, 2.45) is 17.6 Å². The highest BCUT2D eigenvalue weighted by Gasteiger charge is 2.45. The third kappa shape index (κ3) is 2.03. The molecule has 2 rings (SSSR count). The molecule has 0 atom stereocenters. The summed E-state index contributed by atoms with van der Waals surface area (Å²) in [6.07, 6.45) is 2.21. The summed E-state index contributed by atoms with van der Waals surface area (Å²) in [7, 11) is 0. The van der Waals surface area contributed by atoms with E-state index in [0.29, 0.717) is 5.92 Å². The third-order valence-corrected chi connectivity index (χ3v) is 4.82. The molecule has 0 saturated heterocycles. The molecule has 2 nitrogen and oxygen atoms in total. The predicted octanol–water partition coefficient (Wildman–Crippen LogP) is 3.49. The Morgan fingerprint density at radius 3 is 2.44 bits per heavy atom. The van der Waals surface area contributed by atoms with Crippen LogP contribution in [-0.2, 0) is 5.54 Å². The number of aromatic nitrogens is 1. The molecule has 2 N–H and O–H groups in total. The van der Waals surface area contributed by atoms with Crippen molar-refractivity contribution < 1.29 is 0 Å². The number of rotatable bonds is 3. The molecule has 0 amide bonds. The predicted molar refractivity (Wildman–Crippen MR) is 69.6 cm³/mol. The molecule has 16 heavy (non-hydrogen) atoms. The second-order valence-electron chi connectivity index (χ2n) is 5.80. The Balaban J connectivity index is 2.08. The van der Waals surface area contributed by atoms with Gasteiger partial charge in [-0.05, 0) is 30.6 Å². The largest absolute Gasteiger partial charge is 0.319 e. The van der Waals surface area contributed by atoms with Crippen molar-refractivity contribution in [2.75, 3.05) is 0 Å². The highest BCUT2D eigenvalue weighted by molar-refractivity contribution is 7.09. The van der Waals surface area contributed by atoms with E-state index in [9.17, 15) is 0 Å². The summed E-state index contributed by atoms with van der Waals surface area (Å²) >= 11 is 1.74. The van der Waals surface area contributed by atoms with Crippen LogP contribution in [0, 0.1) is 11.8 Å². The van der Waals surface area contributed by atoms with Crippen LogP contribution in [0.4, 0.5) is 0 Å². The van der Waals surface area contributed by atoms with Crippen molar-refractivity contribution in [2.45, 2.75) is 52.0 Å². The standard InChI is InChI=1S/C13H22N2S/c1-8(2)10-5-13(14,6-10)12-15-11(7-16-12)9(3)4/h7-10H,5-6,14H2,1-4H3. The van der Waals surface area contributed by atoms with E-state index in [0.717, 1.165) is 29.7 Å². The van der Waals surface area contributed by atoms with E-state index in [2.05, 4.69) is 33.1 Å². The second-order valence-corrected chi connectivity index (χ2v) is 6.66. The monoisotopic (exact) mass is 238 g/mol. The van der Waals surface area contributed by atoms with E-state index in [1.54, 1.807) is 11.3 Å². The minimum absolute atomic E-state index is 0.118. The summed E-state index contributed by atoms with van der Waals surface area (Å²) in [5.74, 6) is 2.05. The molecule has 1 fully saturated rings. The molecule has 1 aromatic rings.